The van der Waals surface area contributed by atoms with Gasteiger partial charge in [0, 0.05) is 13.0 Å². The first-order valence-electron chi connectivity index (χ1n) is 14.1. The Hall–Kier alpha value is -2.36. The maximum absolute atomic E-state index is 14.5. The Morgan fingerprint density at radius 1 is 1.05 bits per heavy atom. The van der Waals surface area contributed by atoms with Crippen LogP contribution in [0.3, 0.4) is 0 Å². The molecule has 0 radical (unpaired) electrons. The fraction of sp³-hybridized carbons (Fsp3) is 0.857. The average molecular weight is 540 g/mol. The van der Waals surface area contributed by atoms with Crippen molar-refractivity contribution < 1.29 is 33.4 Å². The van der Waals surface area contributed by atoms with Crippen molar-refractivity contribution in [1.29, 1.82) is 0 Å². The molecule has 10 heteroatoms. The van der Waals surface area contributed by atoms with Gasteiger partial charge in [0.05, 0.1) is 5.92 Å². The standard InChI is InChI=1S/C28H49N3O7/c1-8-9-13-19-18-20(22(32)36-19)28(15-10-11-16-29,30-25(35)38-27(5,6)7)24(34)31-17-12-14-21(31)23(33)37-26(2,3)4/h19-21H,8-18,29H2,1-7H3,(H,30,35)/t19?,20?,21-,28+/m0/s1. The number of unbranched alkanes of at least 4 members (excludes halogenated alkanes) is 2. The number of likely N-dealkylation sites (tertiary alicyclic amines) is 1. The minimum atomic E-state index is -1.64. The zero-order valence-corrected chi connectivity index (χ0v) is 24.4. The van der Waals surface area contributed by atoms with Crippen LogP contribution in [-0.2, 0) is 28.6 Å². The minimum Gasteiger partial charge on any atom is -0.462 e. The van der Waals surface area contributed by atoms with Crippen LogP contribution >= 0.6 is 0 Å². The third-order valence-corrected chi connectivity index (χ3v) is 6.86. The highest BCUT2D eigenvalue weighted by Gasteiger charge is 2.58. The molecular formula is C28H49N3O7. The van der Waals surface area contributed by atoms with E-state index in [1.165, 1.54) is 4.90 Å². The van der Waals surface area contributed by atoms with E-state index in [0.29, 0.717) is 51.6 Å². The predicted molar refractivity (Wildman–Crippen MR) is 143 cm³/mol. The third kappa shape index (κ3) is 8.58. The Morgan fingerprint density at radius 3 is 2.29 bits per heavy atom. The summed E-state index contributed by atoms with van der Waals surface area (Å²) in [5.41, 5.74) is 2.58. The fourth-order valence-corrected chi connectivity index (χ4v) is 5.21. The van der Waals surface area contributed by atoms with Gasteiger partial charge in [0.2, 0.25) is 5.91 Å². The lowest BCUT2D eigenvalue weighted by molar-refractivity contribution is -0.165. The van der Waals surface area contributed by atoms with Crippen LogP contribution in [0, 0.1) is 5.92 Å². The number of esters is 2. The maximum Gasteiger partial charge on any atom is 0.408 e. The Morgan fingerprint density at radius 2 is 1.71 bits per heavy atom. The second-order valence-corrected chi connectivity index (χ2v) is 12.5. The molecule has 2 aliphatic rings. The van der Waals surface area contributed by atoms with E-state index >= 15 is 0 Å². The van der Waals surface area contributed by atoms with Crippen LogP contribution in [0.15, 0.2) is 0 Å². The smallest absolute Gasteiger partial charge is 0.408 e. The number of rotatable bonds is 11. The van der Waals surface area contributed by atoms with Gasteiger partial charge in [0.1, 0.15) is 28.9 Å². The first-order valence-corrected chi connectivity index (χ1v) is 14.1. The summed E-state index contributed by atoms with van der Waals surface area (Å²) in [6, 6.07) is -0.802. The summed E-state index contributed by atoms with van der Waals surface area (Å²) in [6.07, 6.45) is 3.98. The van der Waals surface area contributed by atoms with Gasteiger partial charge >= 0.3 is 18.0 Å². The summed E-state index contributed by atoms with van der Waals surface area (Å²) in [5, 5.41) is 2.83. The van der Waals surface area contributed by atoms with Crippen molar-refractivity contribution in [3.8, 4) is 0 Å². The second-order valence-electron chi connectivity index (χ2n) is 12.5. The first-order chi connectivity index (χ1) is 17.6. The van der Waals surface area contributed by atoms with Crippen molar-refractivity contribution in [1.82, 2.24) is 10.2 Å². The van der Waals surface area contributed by atoms with Crippen LogP contribution in [0.4, 0.5) is 4.79 Å². The van der Waals surface area contributed by atoms with Gasteiger partial charge in [-0.05, 0) is 86.6 Å². The van der Waals surface area contributed by atoms with Crippen molar-refractivity contribution in [3.05, 3.63) is 0 Å². The van der Waals surface area contributed by atoms with Crippen molar-refractivity contribution in [2.24, 2.45) is 11.7 Å². The molecule has 2 heterocycles. The topological polar surface area (TPSA) is 137 Å². The molecule has 38 heavy (non-hydrogen) atoms. The van der Waals surface area contributed by atoms with Crippen LogP contribution in [0.1, 0.15) is 106 Å². The summed E-state index contributed by atoms with van der Waals surface area (Å²) in [5.74, 6) is -2.41. The molecule has 10 nitrogen and oxygen atoms in total. The number of ether oxygens (including phenoxy) is 3. The lowest BCUT2D eigenvalue weighted by atomic mass is 9.76. The van der Waals surface area contributed by atoms with Gasteiger partial charge in [-0.25, -0.2) is 9.59 Å². The Kier molecular flexibility index (Phi) is 11.0. The highest BCUT2D eigenvalue weighted by Crippen LogP contribution is 2.39. The molecule has 0 aromatic rings. The van der Waals surface area contributed by atoms with Crippen molar-refractivity contribution >= 4 is 23.9 Å². The summed E-state index contributed by atoms with van der Waals surface area (Å²) in [7, 11) is 0. The molecule has 0 aromatic carbocycles. The summed E-state index contributed by atoms with van der Waals surface area (Å²) in [4.78, 5) is 55.6. The highest BCUT2D eigenvalue weighted by molar-refractivity contribution is 5.98. The van der Waals surface area contributed by atoms with Gasteiger partial charge in [-0.3, -0.25) is 9.59 Å². The number of nitrogens with one attached hydrogen (secondary N) is 1. The van der Waals surface area contributed by atoms with Gasteiger partial charge in [-0.1, -0.05) is 19.8 Å². The van der Waals surface area contributed by atoms with E-state index in [-0.39, 0.29) is 12.5 Å². The molecule has 2 rings (SSSR count). The molecule has 0 aromatic heterocycles. The van der Waals surface area contributed by atoms with Crippen molar-refractivity contribution in [2.75, 3.05) is 13.1 Å². The van der Waals surface area contributed by atoms with Crippen LogP contribution in [0.25, 0.3) is 0 Å². The molecule has 2 aliphatic heterocycles. The number of alkyl carbamates (subject to hydrolysis) is 1. The number of cyclic esters (lactones) is 1. The molecule has 2 unspecified atom stereocenters. The number of nitrogens with two attached hydrogens (primary N) is 1. The van der Waals surface area contributed by atoms with Gasteiger partial charge in [-0.2, -0.15) is 0 Å². The number of nitrogens with zero attached hydrogens (tertiary/aromatic N) is 1. The van der Waals surface area contributed by atoms with Crippen molar-refractivity contribution in [3.63, 3.8) is 0 Å². The predicted octanol–water partition coefficient (Wildman–Crippen LogP) is 3.83. The van der Waals surface area contributed by atoms with Crippen LogP contribution in [0.5, 0.6) is 0 Å². The zero-order chi connectivity index (χ0) is 28.7. The normalized spacial score (nSPS) is 23.5. The molecule has 0 bridgehead atoms. The molecule has 218 valence electrons. The monoisotopic (exact) mass is 539 g/mol. The van der Waals surface area contributed by atoms with E-state index in [4.69, 9.17) is 19.9 Å². The molecule has 0 spiro atoms. The van der Waals surface area contributed by atoms with Gasteiger partial charge in [0.25, 0.3) is 0 Å². The van der Waals surface area contributed by atoms with E-state index in [2.05, 4.69) is 12.2 Å². The first kappa shape index (κ1) is 31.9. The molecule has 4 atom stereocenters. The molecule has 0 aliphatic carbocycles. The van der Waals surface area contributed by atoms with Gasteiger partial charge < -0.3 is 30.2 Å². The lowest BCUT2D eigenvalue weighted by Crippen LogP contribution is -2.66. The highest BCUT2D eigenvalue weighted by atomic mass is 16.6. The average Bonchev–Trinajstić information content (AvgIpc) is 3.41. The maximum atomic E-state index is 14.5. The third-order valence-electron chi connectivity index (χ3n) is 6.86. The number of hydrogen-bond donors (Lipinski definition) is 2. The molecule has 0 saturated carbocycles. The Bertz CT molecular complexity index is 848. The van der Waals surface area contributed by atoms with Crippen molar-refractivity contribution in [2.45, 2.75) is 135 Å². The van der Waals surface area contributed by atoms with Crippen LogP contribution < -0.4 is 11.1 Å². The summed E-state index contributed by atoms with van der Waals surface area (Å²) in [6.45, 7) is 13.3. The van der Waals surface area contributed by atoms with E-state index in [9.17, 15) is 19.2 Å². The molecule has 3 N–H and O–H groups in total. The molecular weight excluding hydrogens is 490 g/mol. The number of amides is 2. The molecule has 2 fully saturated rings. The van der Waals surface area contributed by atoms with E-state index in [0.717, 1.165) is 12.8 Å². The fourth-order valence-electron chi connectivity index (χ4n) is 5.21. The Labute approximate surface area is 227 Å². The summed E-state index contributed by atoms with van der Waals surface area (Å²) < 4.78 is 16.9. The van der Waals surface area contributed by atoms with E-state index < -0.39 is 52.6 Å². The van der Waals surface area contributed by atoms with Gasteiger partial charge in [-0.15, -0.1) is 0 Å². The van der Waals surface area contributed by atoms with Gasteiger partial charge in [0.15, 0.2) is 0 Å². The molecule has 2 amide bonds. The minimum absolute atomic E-state index is 0.167. The van der Waals surface area contributed by atoms with E-state index in [1.54, 1.807) is 41.5 Å². The quantitative estimate of drug-likeness (QED) is 0.230. The SMILES string of the molecule is CCCCC1CC([C@@](CCCCN)(NC(=O)OC(C)(C)C)C(=O)N2CCC[C@H]2C(=O)OC(C)(C)C)C(=O)O1. The van der Waals surface area contributed by atoms with Crippen LogP contribution in [0.2, 0.25) is 0 Å². The second kappa shape index (κ2) is 13.1. The van der Waals surface area contributed by atoms with Crippen LogP contribution in [-0.4, -0.2) is 70.8 Å². The molecule has 2 saturated heterocycles. The number of carbonyl (C=O) groups excluding carboxylic acids is 4. The number of carbonyl (C=O) groups is 4. The lowest BCUT2D eigenvalue weighted by Gasteiger charge is -2.41. The summed E-state index contributed by atoms with van der Waals surface area (Å²) >= 11 is 0. The van der Waals surface area contributed by atoms with E-state index in [1.807, 2.05) is 0 Å². The number of hydrogen-bond acceptors (Lipinski definition) is 8. The Balaban J connectivity index is 2.52. The zero-order valence-electron chi connectivity index (χ0n) is 24.4. The largest absolute Gasteiger partial charge is 0.462 e.